The van der Waals surface area contributed by atoms with E-state index in [1.54, 1.807) is 0 Å². The number of rotatable bonds is 6. The van der Waals surface area contributed by atoms with Gasteiger partial charge in [0.1, 0.15) is 24.7 Å². The number of halogens is 1. The normalized spacial score (nSPS) is 21.6. The number of aliphatic imine (C=N–C) groups is 2. The lowest BCUT2D eigenvalue weighted by Gasteiger charge is -2.38. The predicted molar refractivity (Wildman–Crippen MR) is 243 cm³/mol. The lowest BCUT2D eigenvalue weighted by molar-refractivity contribution is 0.0992. The summed E-state index contributed by atoms with van der Waals surface area (Å²) in [5, 5.41) is 7.37. The zero-order valence-electron chi connectivity index (χ0n) is 35.2. The van der Waals surface area contributed by atoms with Crippen molar-refractivity contribution in [1.82, 2.24) is 19.4 Å². The second kappa shape index (κ2) is 16.4. The molecule has 0 spiro atoms. The van der Waals surface area contributed by atoms with Crippen LogP contribution >= 0.6 is 0 Å². The van der Waals surface area contributed by atoms with E-state index < -0.39 is 0 Å². The zero-order chi connectivity index (χ0) is 42.5. The Morgan fingerprint density at radius 2 is 1.18 bits per heavy atom. The SMILES string of the molecule is CN1CCN(Cc2ccc(C3Nc4cccc5c4C(=NCC5=O)C3c3ccc(F)cc3)cc2)CC1.Cc1ccc(C2Nc3cccc4c3C(=NCC4=O)C2c2nccn2C)cc1. The molecule has 0 radical (unpaired) electrons. The molecule has 4 atom stereocenters. The van der Waals surface area contributed by atoms with Crippen LogP contribution in [0.5, 0.6) is 0 Å². The Bertz CT molecular complexity index is 2730. The fraction of sp³-hybridized carbons (Fsp3) is 0.275. The van der Waals surface area contributed by atoms with Crippen LogP contribution in [-0.2, 0) is 13.6 Å². The molecular formula is C51H49FN8O2. The number of piperazine rings is 1. The molecule has 1 aromatic heterocycles. The molecule has 2 N–H and O–H groups in total. The number of nitrogens with zero attached hydrogens (tertiary/aromatic N) is 6. The third-order valence-corrected chi connectivity index (χ3v) is 13.0. The Morgan fingerprint density at radius 3 is 1.74 bits per heavy atom. The van der Waals surface area contributed by atoms with Gasteiger partial charge in [0.15, 0.2) is 11.6 Å². The topological polar surface area (TPSA) is 107 Å². The van der Waals surface area contributed by atoms with Gasteiger partial charge in [-0.3, -0.25) is 24.5 Å². The summed E-state index contributed by atoms with van der Waals surface area (Å²) in [5.41, 5.74) is 12.9. The average Bonchev–Trinajstić information content (AvgIpc) is 3.72. The molecule has 6 heterocycles. The number of carbonyl (C=O) groups is 2. The molecule has 62 heavy (non-hydrogen) atoms. The summed E-state index contributed by atoms with van der Waals surface area (Å²) in [6, 6.07) is 35.7. The molecule has 1 saturated heterocycles. The van der Waals surface area contributed by atoms with Crippen LogP contribution in [0.15, 0.2) is 132 Å². The third kappa shape index (κ3) is 7.35. The number of Topliss-reactive ketones (excluding diaryl/α,β-unsaturated/α-hetero) is 2. The summed E-state index contributed by atoms with van der Waals surface area (Å²) in [6.07, 6.45) is 3.77. The molecule has 4 unspecified atom stereocenters. The lowest BCUT2D eigenvalue weighted by atomic mass is 9.75. The van der Waals surface area contributed by atoms with Gasteiger partial charge < -0.3 is 20.1 Å². The van der Waals surface area contributed by atoms with Crippen LogP contribution in [0.25, 0.3) is 0 Å². The van der Waals surface area contributed by atoms with E-state index >= 15 is 0 Å². The van der Waals surface area contributed by atoms with E-state index in [1.807, 2.05) is 72.5 Å². The molecule has 5 aromatic carbocycles. The summed E-state index contributed by atoms with van der Waals surface area (Å²) in [4.78, 5) is 44.0. The molecule has 5 aliphatic heterocycles. The number of carbonyl (C=O) groups excluding carboxylic acids is 2. The van der Waals surface area contributed by atoms with Crippen molar-refractivity contribution >= 4 is 34.4 Å². The number of nitrogens with one attached hydrogen (secondary N) is 2. The Balaban J connectivity index is 0.000000153. The maximum absolute atomic E-state index is 13.8. The fourth-order valence-electron chi connectivity index (χ4n) is 9.72. The van der Waals surface area contributed by atoms with Gasteiger partial charge in [-0.25, -0.2) is 9.37 Å². The van der Waals surface area contributed by atoms with Crippen molar-refractivity contribution in [3.05, 3.63) is 183 Å². The molecule has 10 nitrogen and oxygen atoms in total. The van der Waals surface area contributed by atoms with E-state index in [-0.39, 0.29) is 54.4 Å². The fourth-order valence-corrected chi connectivity index (χ4v) is 9.72. The third-order valence-electron chi connectivity index (χ3n) is 13.0. The molecule has 11 heteroatoms. The molecular weight excluding hydrogens is 776 g/mol. The molecule has 11 rings (SSSR count). The van der Waals surface area contributed by atoms with Gasteiger partial charge in [0.25, 0.3) is 0 Å². The van der Waals surface area contributed by atoms with E-state index in [2.05, 4.69) is 87.9 Å². The molecule has 1 fully saturated rings. The predicted octanol–water partition coefficient (Wildman–Crippen LogP) is 8.17. The summed E-state index contributed by atoms with van der Waals surface area (Å²) < 4.78 is 15.8. The van der Waals surface area contributed by atoms with Gasteiger partial charge in [0, 0.05) is 85.8 Å². The van der Waals surface area contributed by atoms with Gasteiger partial charge in [-0.2, -0.15) is 0 Å². The molecule has 5 aliphatic rings. The molecule has 0 bridgehead atoms. The first kappa shape index (κ1) is 39.6. The van der Waals surface area contributed by atoms with E-state index in [0.717, 1.165) is 89.2 Å². The summed E-state index contributed by atoms with van der Waals surface area (Å²) >= 11 is 0. The van der Waals surface area contributed by atoms with Gasteiger partial charge in [0.05, 0.1) is 35.3 Å². The highest BCUT2D eigenvalue weighted by atomic mass is 19.1. The van der Waals surface area contributed by atoms with Crippen LogP contribution < -0.4 is 10.6 Å². The highest BCUT2D eigenvalue weighted by Gasteiger charge is 2.42. The Morgan fingerprint density at radius 1 is 0.645 bits per heavy atom. The van der Waals surface area contributed by atoms with Crippen molar-refractivity contribution in [1.29, 1.82) is 0 Å². The second-order valence-electron chi connectivity index (χ2n) is 17.1. The molecule has 312 valence electrons. The monoisotopic (exact) mass is 824 g/mol. The second-order valence-corrected chi connectivity index (χ2v) is 17.1. The number of anilines is 2. The number of hydrogen-bond acceptors (Lipinski definition) is 9. The minimum Gasteiger partial charge on any atom is -0.377 e. The number of ketones is 2. The molecule has 6 aromatic rings. The largest absolute Gasteiger partial charge is 0.377 e. The van der Waals surface area contributed by atoms with E-state index in [0.29, 0.717) is 5.56 Å². The van der Waals surface area contributed by atoms with E-state index in [1.165, 1.54) is 28.8 Å². The molecule has 0 aliphatic carbocycles. The summed E-state index contributed by atoms with van der Waals surface area (Å²) in [5.74, 6) is 0.614. The van der Waals surface area contributed by atoms with Crippen molar-refractivity contribution < 1.29 is 14.0 Å². The van der Waals surface area contributed by atoms with Crippen molar-refractivity contribution in [3.8, 4) is 0 Å². The Hall–Kier alpha value is -6.56. The number of aromatic nitrogens is 2. The minimum atomic E-state index is -0.260. The van der Waals surface area contributed by atoms with Crippen LogP contribution in [0.3, 0.4) is 0 Å². The number of benzene rings is 5. The van der Waals surface area contributed by atoms with Gasteiger partial charge >= 0.3 is 0 Å². The number of imidazole rings is 1. The van der Waals surface area contributed by atoms with Crippen molar-refractivity contribution in [2.45, 2.75) is 37.4 Å². The summed E-state index contributed by atoms with van der Waals surface area (Å²) in [7, 11) is 4.18. The smallest absolute Gasteiger partial charge is 0.184 e. The number of hydrogen-bond donors (Lipinski definition) is 2. The van der Waals surface area contributed by atoms with Crippen LogP contribution in [0, 0.1) is 12.7 Å². The van der Waals surface area contributed by atoms with E-state index in [4.69, 9.17) is 9.98 Å². The highest BCUT2D eigenvalue weighted by molar-refractivity contribution is 6.22. The minimum absolute atomic E-state index is 0.00130. The van der Waals surface area contributed by atoms with Crippen LogP contribution in [0.2, 0.25) is 0 Å². The first-order valence-electron chi connectivity index (χ1n) is 21.4. The Kier molecular flexibility index (Phi) is 10.5. The lowest BCUT2D eigenvalue weighted by Crippen LogP contribution is -2.43. The van der Waals surface area contributed by atoms with Crippen LogP contribution in [0.4, 0.5) is 15.8 Å². The maximum atomic E-state index is 13.8. The first-order valence-corrected chi connectivity index (χ1v) is 21.4. The Labute approximate surface area is 361 Å². The van der Waals surface area contributed by atoms with Crippen molar-refractivity contribution in [3.63, 3.8) is 0 Å². The zero-order valence-corrected chi connectivity index (χ0v) is 35.2. The highest BCUT2D eigenvalue weighted by Crippen LogP contribution is 2.46. The average molecular weight is 825 g/mol. The van der Waals surface area contributed by atoms with Crippen LogP contribution in [-0.4, -0.2) is 88.7 Å². The maximum Gasteiger partial charge on any atom is 0.184 e. The van der Waals surface area contributed by atoms with Crippen molar-refractivity contribution in [2.75, 3.05) is 56.9 Å². The summed E-state index contributed by atoms with van der Waals surface area (Å²) in [6.45, 7) is 7.79. The van der Waals surface area contributed by atoms with Crippen molar-refractivity contribution in [2.24, 2.45) is 17.0 Å². The van der Waals surface area contributed by atoms with Gasteiger partial charge in [-0.05, 0) is 60.5 Å². The standard InChI is InChI=1S/C29H29FN4O.C22H20N4O/c1-33-13-15-34(16-14-33)18-19-5-7-21(8-6-19)28-26(20-9-11-22(30)12-10-20)29-27-23(25(35)17-31-29)3-2-4-24(27)32-28;1-13-6-8-14(9-7-13)20-19(22-23-10-11-26(22)2)21-18-15(17(27)12-24-21)4-3-5-16(18)25-20/h2-12,26,28,32H,13-18H2,1H3;3-11,19-20,25H,12H2,1-2H3. The van der Waals surface area contributed by atoms with Gasteiger partial charge in [0.2, 0.25) is 0 Å². The molecule has 0 amide bonds. The number of aryl methyl sites for hydroxylation is 2. The number of likely N-dealkylation sites (N-methyl/N-ethyl adjacent to an activating group) is 1. The van der Waals surface area contributed by atoms with Gasteiger partial charge in [-0.1, -0.05) is 90.5 Å². The molecule has 0 saturated carbocycles. The quantitative estimate of drug-likeness (QED) is 0.175. The van der Waals surface area contributed by atoms with Gasteiger partial charge in [-0.15, -0.1) is 0 Å². The van der Waals surface area contributed by atoms with E-state index in [9.17, 15) is 14.0 Å². The van der Waals surface area contributed by atoms with Crippen LogP contribution in [0.1, 0.15) is 89.4 Å². The first-order chi connectivity index (χ1) is 30.2.